The molecule has 3 rings (SSSR count). The monoisotopic (exact) mass is 342 g/mol. The quantitative estimate of drug-likeness (QED) is 0.898. The van der Waals surface area contributed by atoms with E-state index in [1.807, 2.05) is 24.3 Å². The van der Waals surface area contributed by atoms with Crippen molar-refractivity contribution in [1.82, 2.24) is 14.9 Å². The third kappa shape index (κ3) is 4.34. The summed E-state index contributed by atoms with van der Waals surface area (Å²) in [6.07, 6.45) is 3.07. The number of hydrogen-bond donors (Lipinski definition) is 1. The summed E-state index contributed by atoms with van der Waals surface area (Å²) in [5.74, 6) is 0.701. The van der Waals surface area contributed by atoms with Gasteiger partial charge in [0.05, 0.1) is 12.4 Å². The van der Waals surface area contributed by atoms with Crippen molar-refractivity contribution in [3.05, 3.63) is 47.4 Å². The van der Waals surface area contributed by atoms with Crippen molar-refractivity contribution in [2.24, 2.45) is 0 Å². The molecule has 6 nitrogen and oxygen atoms in total. The zero-order valence-electron chi connectivity index (χ0n) is 13.3. The first-order chi connectivity index (χ1) is 11.7. The van der Waals surface area contributed by atoms with E-state index in [4.69, 9.17) is 16.9 Å². The van der Waals surface area contributed by atoms with Gasteiger partial charge in [-0.2, -0.15) is 5.26 Å². The highest BCUT2D eigenvalue weighted by molar-refractivity contribution is 6.30. The van der Waals surface area contributed by atoms with Gasteiger partial charge in [0, 0.05) is 50.0 Å². The summed E-state index contributed by atoms with van der Waals surface area (Å²) in [5, 5.41) is 12.7. The van der Waals surface area contributed by atoms with Gasteiger partial charge < -0.3 is 10.2 Å². The summed E-state index contributed by atoms with van der Waals surface area (Å²) >= 11 is 6.06. The number of rotatable bonds is 5. The van der Waals surface area contributed by atoms with Crippen LogP contribution in [0.1, 0.15) is 5.69 Å². The molecule has 1 N–H and O–H groups in total. The zero-order valence-corrected chi connectivity index (χ0v) is 14.1. The number of nitriles is 1. The molecule has 0 aliphatic carbocycles. The summed E-state index contributed by atoms with van der Waals surface area (Å²) < 4.78 is 0. The molecule has 1 aliphatic rings. The van der Waals surface area contributed by atoms with E-state index in [1.165, 1.54) is 11.9 Å². The van der Waals surface area contributed by atoms with Crippen molar-refractivity contribution >= 4 is 23.1 Å². The molecule has 1 aromatic heterocycles. The SMILES string of the molecule is N#Cc1cnc(NCCN2CCN(c3cccc(Cl)c3)CC2)cn1. The van der Waals surface area contributed by atoms with Crippen molar-refractivity contribution in [2.45, 2.75) is 0 Å². The highest BCUT2D eigenvalue weighted by Gasteiger charge is 2.16. The number of anilines is 2. The predicted octanol–water partition coefficient (Wildman–Crippen LogP) is 2.24. The minimum absolute atomic E-state index is 0.331. The third-order valence-electron chi connectivity index (χ3n) is 4.05. The highest BCUT2D eigenvalue weighted by Crippen LogP contribution is 2.20. The molecule has 1 saturated heterocycles. The Balaban J connectivity index is 1.41. The third-order valence-corrected chi connectivity index (χ3v) is 4.28. The van der Waals surface area contributed by atoms with Crippen LogP contribution in [0.5, 0.6) is 0 Å². The van der Waals surface area contributed by atoms with Gasteiger partial charge >= 0.3 is 0 Å². The maximum atomic E-state index is 8.70. The van der Waals surface area contributed by atoms with E-state index < -0.39 is 0 Å². The minimum Gasteiger partial charge on any atom is -0.369 e. The molecule has 0 spiro atoms. The lowest BCUT2D eigenvalue weighted by molar-refractivity contribution is 0.267. The topological polar surface area (TPSA) is 68.1 Å². The molecule has 0 atom stereocenters. The van der Waals surface area contributed by atoms with Crippen LogP contribution in [0.2, 0.25) is 5.02 Å². The maximum Gasteiger partial charge on any atom is 0.158 e. The lowest BCUT2D eigenvalue weighted by Gasteiger charge is -2.36. The maximum absolute atomic E-state index is 8.70. The molecule has 0 bridgehead atoms. The predicted molar refractivity (Wildman–Crippen MR) is 95.3 cm³/mol. The molecular formula is C17H19ClN6. The lowest BCUT2D eigenvalue weighted by Crippen LogP contribution is -2.47. The molecule has 2 aromatic rings. The molecule has 24 heavy (non-hydrogen) atoms. The molecule has 1 aromatic carbocycles. The van der Waals surface area contributed by atoms with Gasteiger partial charge in [-0.1, -0.05) is 17.7 Å². The van der Waals surface area contributed by atoms with Crippen molar-refractivity contribution < 1.29 is 0 Å². The first kappa shape index (κ1) is 16.5. The Hall–Kier alpha value is -2.36. The molecule has 1 aliphatic heterocycles. The fraction of sp³-hybridized carbons (Fsp3) is 0.353. The van der Waals surface area contributed by atoms with E-state index in [-0.39, 0.29) is 0 Å². The summed E-state index contributed by atoms with van der Waals surface area (Å²) in [4.78, 5) is 12.9. The summed E-state index contributed by atoms with van der Waals surface area (Å²) in [6, 6.07) is 9.97. The fourth-order valence-electron chi connectivity index (χ4n) is 2.72. The Kier molecular flexibility index (Phi) is 5.47. The number of aromatic nitrogens is 2. The Morgan fingerprint density at radius 1 is 1.17 bits per heavy atom. The first-order valence-electron chi connectivity index (χ1n) is 7.93. The Bertz CT molecular complexity index is 704. The first-order valence-corrected chi connectivity index (χ1v) is 8.31. The van der Waals surface area contributed by atoms with Crippen LogP contribution in [0, 0.1) is 11.3 Å². The Morgan fingerprint density at radius 3 is 2.67 bits per heavy atom. The zero-order chi connectivity index (χ0) is 16.8. The molecule has 0 saturated carbocycles. The number of benzene rings is 1. The van der Waals surface area contributed by atoms with Crippen LogP contribution in [0.25, 0.3) is 0 Å². The molecule has 2 heterocycles. The van der Waals surface area contributed by atoms with Crippen LogP contribution in [0.4, 0.5) is 11.5 Å². The second-order valence-corrected chi connectivity index (χ2v) is 6.07. The van der Waals surface area contributed by atoms with Crippen LogP contribution in [0.3, 0.4) is 0 Å². The van der Waals surface area contributed by atoms with E-state index in [0.717, 1.165) is 44.3 Å². The van der Waals surface area contributed by atoms with Gasteiger partial charge in [0.15, 0.2) is 5.69 Å². The number of nitrogens with one attached hydrogen (secondary N) is 1. The second-order valence-electron chi connectivity index (χ2n) is 5.63. The van der Waals surface area contributed by atoms with Crippen LogP contribution in [0.15, 0.2) is 36.7 Å². The number of hydrogen-bond acceptors (Lipinski definition) is 6. The largest absolute Gasteiger partial charge is 0.369 e. The normalized spacial score (nSPS) is 15.1. The molecule has 7 heteroatoms. The van der Waals surface area contributed by atoms with E-state index in [2.05, 4.69) is 31.2 Å². The van der Waals surface area contributed by atoms with Gasteiger partial charge in [-0.15, -0.1) is 0 Å². The standard InChI is InChI=1S/C17H19ClN6/c18-14-2-1-3-16(10-14)24-8-6-23(7-9-24)5-4-20-17-13-21-15(11-19)12-22-17/h1-3,10,12-13H,4-9H2,(H,20,22). The van der Waals surface area contributed by atoms with Crippen LogP contribution in [-0.4, -0.2) is 54.1 Å². The minimum atomic E-state index is 0.331. The van der Waals surface area contributed by atoms with E-state index in [1.54, 1.807) is 6.20 Å². The van der Waals surface area contributed by atoms with E-state index in [9.17, 15) is 0 Å². The van der Waals surface area contributed by atoms with Crippen molar-refractivity contribution in [2.75, 3.05) is 49.5 Å². The number of halogens is 1. The average Bonchev–Trinajstić information content (AvgIpc) is 2.63. The smallest absolute Gasteiger partial charge is 0.158 e. The van der Waals surface area contributed by atoms with Gasteiger partial charge in [-0.05, 0) is 18.2 Å². The van der Waals surface area contributed by atoms with Crippen molar-refractivity contribution in [3.63, 3.8) is 0 Å². The van der Waals surface area contributed by atoms with E-state index in [0.29, 0.717) is 11.5 Å². The van der Waals surface area contributed by atoms with Crippen LogP contribution >= 0.6 is 11.6 Å². The molecule has 1 fully saturated rings. The molecule has 0 radical (unpaired) electrons. The van der Waals surface area contributed by atoms with E-state index >= 15 is 0 Å². The second kappa shape index (κ2) is 7.95. The molecular weight excluding hydrogens is 324 g/mol. The van der Waals surface area contributed by atoms with Crippen LogP contribution < -0.4 is 10.2 Å². The number of nitrogens with zero attached hydrogens (tertiary/aromatic N) is 5. The fourth-order valence-corrected chi connectivity index (χ4v) is 2.91. The van der Waals surface area contributed by atoms with Crippen LogP contribution in [-0.2, 0) is 0 Å². The van der Waals surface area contributed by atoms with Gasteiger partial charge in [-0.25, -0.2) is 9.97 Å². The van der Waals surface area contributed by atoms with Gasteiger partial charge in [-0.3, -0.25) is 4.90 Å². The van der Waals surface area contributed by atoms with Crippen molar-refractivity contribution in [1.29, 1.82) is 5.26 Å². The Morgan fingerprint density at radius 2 is 2.00 bits per heavy atom. The van der Waals surface area contributed by atoms with Gasteiger partial charge in [0.25, 0.3) is 0 Å². The average molecular weight is 343 g/mol. The van der Waals surface area contributed by atoms with Gasteiger partial charge in [0.1, 0.15) is 11.9 Å². The lowest BCUT2D eigenvalue weighted by atomic mass is 10.2. The number of piperazine rings is 1. The summed E-state index contributed by atoms with van der Waals surface area (Å²) in [5.41, 5.74) is 1.52. The Labute approximate surface area is 146 Å². The van der Waals surface area contributed by atoms with Crippen molar-refractivity contribution in [3.8, 4) is 6.07 Å². The molecule has 124 valence electrons. The highest BCUT2D eigenvalue weighted by atomic mass is 35.5. The molecule has 0 amide bonds. The summed E-state index contributed by atoms with van der Waals surface area (Å²) in [7, 11) is 0. The van der Waals surface area contributed by atoms with Gasteiger partial charge in [0.2, 0.25) is 0 Å². The summed E-state index contributed by atoms with van der Waals surface area (Å²) in [6.45, 7) is 5.79. The molecule has 0 unspecified atom stereocenters.